The normalized spacial score (nSPS) is 11.7. The average Bonchev–Trinajstić information content (AvgIpc) is 2.41. The van der Waals surface area contributed by atoms with E-state index in [9.17, 15) is 13.2 Å². The number of alkyl halides is 3. The van der Waals surface area contributed by atoms with Gasteiger partial charge in [0.2, 0.25) is 0 Å². The van der Waals surface area contributed by atoms with E-state index >= 15 is 0 Å². The molecule has 5 nitrogen and oxygen atoms in total. The van der Waals surface area contributed by atoms with Gasteiger partial charge in [0.15, 0.2) is 0 Å². The lowest BCUT2D eigenvalue weighted by Crippen LogP contribution is -2.32. The van der Waals surface area contributed by atoms with Crippen LogP contribution < -0.4 is 10.6 Å². The summed E-state index contributed by atoms with van der Waals surface area (Å²) in [4.78, 5) is 5.17. The van der Waals surface area contributed by atoms with Gasteiger partial charge >= 0.3 is 6.18 Å². The Hall–Kier alpha value is -1.38. The number of aliphatic hydroxyl groups is 1. The van der Waals surface area contributed by atoms with E-state index in [2.05, 4.69) is 4.98 Å². The minimum absolute atomic E-state index is 0.0649. The lowest BCUT2D eigenvalue weighted by Gasteiger charge is -2.25. The second-order valence-corrected chi connectivity index (χ2v) is 4.08. The Morgan fingerprint density at radius 2 is 2.05 bits per heavy atom. The van der Waals surface area contributed by atoms with Crippen LogP contribution in [-0.4, -0.2) is 43.5 Å². The van der Waals surface area contributed by atoms with Crippen LogP contribution in [0.5, 0.6) is 0 Å². The molecule has 114 valence electrons. The van der Waals surface area contributed by atoms with Crippen molar-refractivity contribution in [3.63, 3.8) is 0 Å². The number of nitrogens with two attached hydrogens (primary N) is 1. The van der Waals surface area contributed by atoms with Crippen molar-refractivity contribution in [2.24, 2.45) is 5.73 Å². The van der Waals surface area contributed by atoms with Crippen molar-refractivity contribution in [3.8, 4) is 0 Å². The van der Waals surface area contributed by atoms with Crippen LogP contribution >= 0.6 is 0 Å². The Bertz CT molecular complexity index is 427. The summed E-state index contributed by atoms with van der Waals surface area (Å²) in [6.07, 6.45) is -4.52. The molecule has 1 rings (SSSR count). The zero-order valence-electron chi connectivity index (χ0n) is 11.2. The molecule has 0 bridgehead atoms. The van der Waals surface area contributed by atoms with Gasteiger partial charge in [-0.2, -0.15) is 13.2 Å². The van der Waals surface area contributed by atoms with E-state index in [1.54, 1.807) is 0 Å². The summed E-state index contributed by atoms with van der Waals surface area (Å²) in [6, 6.07) is 2.21. The molecule has 1 aromatic rings. The van der Waals surface area contributed by atoms with Gasteiger partial charge < -0.3 is 20.5 Å². The third-order valence-electron chi connectivity index (χ3n) is 2.70. The van der Waals surface area contributed by atoms with Crippen LogP contribution in [0.2, 0.25) is 0 Å². The fourth-order valence-electron chi connectivity index (χ4n) is 1.71. The Morgan fingerprint density at radius 3 is 2.55 bits per heavy atom. The van der Waals surface area contributed by atoms with Crippen molar-refractivity contribution in [1.29, 1.82) is 0 Å². The Balaban J connectivity index is 3.15. The molecule has 0 radical (unpaired) electrons. The highest BCUT2D eigenvalue weighted by Gasteiger charge is 2.33. The molecule has 0 aliphatic carbocycles. The van der Waals surface area contributed by atoms with Crippen LogP contribution in [0, 0.1) is 0 Å². The van der Waals surface area contributed by atoms with Gasteiger partial charge in [0.25, 0.3) is 0 Å². The fraction of sp³-hybridized carbons (Fsp3) is 0.583. The molecule has 0 amide bonds. The van der Waals surface area contributed by atoms with Crippen molar-refractivity contribution >= 4 is 5.82 Å². The van der Waals surface area contributed by atoms with E-state index in [1.807, 2.05) is 0 Å². The van der Waals surface area contributed by atoms with Crippen molar-refractivity contribution in [3.05, 3.63) is 23.4 Å². The van der Waals surface area contributed by atoms with Gasteiger partial charge in [-0.1, -0.05) is 6.07 Å². The number of ether oxygens (including phenoxy) is 1. The van der Waals surface area contributed by atoms with Crippen LogP contribution in [0.3, 0.4) is 0 Å². The van der Waals surface area contributed by atoms with E-state index in [1.165, 1.54) is 18.1 Å². The number of halogens is 3. The number of nitrogens with zero attached hydrogens (tertiary/aromatic N) is 2. The maximum Gasteiger partial charge on any atom is 0.433 e. The maximum atomic E-state index is 12.7. The van der Waals surface area contributed by atoms with Gasteiger partial charge in [-0.05, 0) is 6.07 Å². The number of aliphatic hydroxyl groups excluding tert-OH is 1. The molecule has 0 aliphatic heterocycles. The number of hydrogen-bond donors (Lipinski definition) is 2. The maximum absolute atomic E-state index is 12.7. The van der Waals surface area contributed by atoms with Crippen molar-refractivity contribution in [1.82, 2.24) is 4.98 Å². The molecule has 20 heavy (non-hydrogen) atoms. The second-order valence-electron chi connectivity index (χ2n) is 4.08. The predicted molar refractivity (Wildman–Crippen MR) is 68.3 cm³/mol. The first-order valence-electron chi connectivity index (χ1n) is 6.06. The average molecular weight is 293 g/mol. The van der Waals surface area contributed by atoms with Gasteiger partial charge in [-0.25, -0.2) is 4.98 Å². The molecule has 0 saturated carbocycles. The van der Waals surface area contributed by atoms with Crippen molar-refractivity contribution in [2.45, 2.75) is 12.7 Å². The van der Waals surface area contributed by atoms with Crippen LogP contribution in [0.1, 0.15) is 11.3 Å². The van der Waals surface area contributed by atoms with Crippen LogP contribution in [0.15, 0.2) is 12.1 Å². The highest BCUT2D eigenvalue weighted by Crippen LogP contribution is 2.30. The highest BCUT2D eigenvalue weighted by atomic mass is 19.4. The smallest absolute Gasteiger partial charge is 0.395 e. The lowest BCUT2D eigenvalue weighted by atomic mass is 10.2. The minimum atomic E-state index is -4.52. The van der Waals surface area contributed by atoms with E-state index in [0.717, 1.165) is 6.07 Å². The quantitative estimate of drug-likeness (QED) is 0.785. The molecule has 0 spiro atoms. The first kappa shape index (κ1) is 16.7. The summed E-state index contributed by atoms with van der Waals surface area (Å²) >= 11 is 0. The fourth-order valence-corrected chi connectivity index (χ4v) is 1.71. The molecule has 0 aliphatic rings. The molecule has 8 heteroatoms. The van der Waals surface area contributed by atoms with E-state index in [4.69, 9.17) is 15.6 Å². The molecular weight excluding hydrogens is 275 g/mol. The Kier molecular flexibility index (Phi) is 6.18. The number of hydrogen-bond acceptors (Lipinski definition) is 5. The molecule has 1 aromatic heterocycles. The van der Waals surface area contributed by atoms with Crippen LogP contribution in [-0.2, 0) is 17.5 Å². The lowest BCUT2D eigenvalue weighted by molar-refractivity contribution is -0.141. The monoisotopic (exact) mass is 293 g/mol. The largest absolute Gasteiger partial charge is 0.433 e. The topological polar surface area (TPSA) is 71.6 Å². The van der Waals surface area contributed by atoms with Gasteiger partial charge in [-0.3, -0.25) is 0 Å². The standard InChI is InChI=1S/C12H18F3N3O2/c1-20-7-5-18(4-6-19)11-9(8-16)2-3-10(17-11)12(13,14)15/h2-3,19H,4-8,16H2,1H3. The predicted octanol–water partition coefficient (Wildman–Crippen LogP) is 1.00. The molecule has 0 atom stereocenters. The molecule has 0 aromatic carbocycles. The van der Waals surface area contributed by atoms with Gasteiger partial charge in [-0.15, -0.1) is 0 Å². The summed E-state index contributed by atoms with van der Waals surface area (Å²) < 4.78 is 43.1. The first-order valence-corrected chi connectivity index (χ1v) is 6.06. The van der Waals surface area contributed by atoms with Crippen molar-refractivity contribution in [2.75, 3.05) is 38.3 Å². The molecule has 0 fully saturated rings. The Morgan fingerprint density at radius 1 is 1.35 bits per heavy atom. The summed E-state index contributed by atoms with van der Waals surface area (Å²) in [5.74, 6) is 0.133. The van der Waals surface area contributed by atoms with Crippen molar-refractivity contribution < 1.29 is 23.0 Å². The Labute approximate surface area is 115 Å². The number of pyridine rings is 1. The van der Waals surface area contributed by atoms with E-state index in [0.29, 0.717) is 18.7 Å². The third-order valence-corrected chi connectivity index (χ3v) is 2.70. The number of rotatable bonds is 7. The summed E-state index contributed by atoms with van der Waals surface area (Å²) in [5.41, 5.74) is 5.04. The minimum Gasteiger partial charge on any atom is -0.395 e. The molecule has 3 N–H and O–H groups in total. The van der Waals surface area contributed by atoms with Gasteiger partial charge in [0, 0.05) is 32.3 Å². The van der Waals surface area contributed by atoms with E-state index in [-0.39, 0.29) is 25.5 Å². The molecular formula is C12H18F3N3O2. The number of aromatic nitrogens is 1. The molecule has 0 saturated heterocycles. The first-order chi connectivity index (χ1) is 9.43. The summed E-state index contributed by atoms with van der Waals surface area (Å²) in [5, 5.41) is 9.03. The number of anilines is 1. The SMILES string of the molecule is COCCN(CCO)c1nc(C(F)(F)F)ccc1CN. The zero-order valence-corrected chi connectivity index (χ0v) is 11.2. The van der Waals surface area contributed by atoms with Crippen LogP contribution in [0.25, 0.3) is 0 Å². The van der Waals surface area contributed by atoms with E-state index < -0.39 is 11.9 Å². The summed E-state index contributed by atoms with van der Waals surface area (Å²) in [6.45, 7) is 0.645. The second kappa shape index (κ2) is 7.41. The molecule has 1 heterocycles. The third kappa shape index (κ3) is 4.32. The zero-order chi connectivity index (χ0) is 15.2. The van der Waals surface area contributed by atoms with Gasteiger partial charge in [0.1, 0.15) is 11.5 Å². The number of methoxy groups -OCH3 is 1. The van der Waals surface area contributed by atoms with Crippen LogP contribution in [0.4, 0.5) is 19.0 Å². The summed E-state index contributed by atoms with van der Waals surface area (Å²) in [7, 11) is 1.49. The molecule has 0 unspecified atom stereocenters. The highest BCUT2D eigenvalue weighted by molar-refractivity contribution is 5.48. The van der Waals surface area contributed by atoms with Gasteiger partial charge in [0.05, 0.1) is 13.2 Å².